The van der Waals surface area contributed by atoms with Gasteiger partial charge in [0.2, 0.25) is 0 Å². The number of hydrogen-bond acceptors (Lipinski definition) is 4. The van der Waals surface area contributed by atoms with Crippen molar-refractivity contribution in [3.8, 4) is 11.5 Å². The van der Waals surface area contributed by atoms with Crippen molar-refractivity contribution in [2.24, 2.45) is 0 Å². The summed E-state index contributed by atoms with van der Waals surface area (Å²) in [5.74, 6) is 0.526. The van der Waals surface area contributed by atoms with Gasteiger partial charge in [0, 0.05) is 20.8 Å². The van der Waals surface area contributed by atoms with Crippen LogP contribution in [0.4, 0.5) is 5.69 Å². The van der Waals surface area contributed by atoms with Crippen LogP contribution in [0.15, 0.2) is 60.7 Å². The third kappa shape index (κ3) is 4.12. The molecule has 0 saturated heterocycles. The summed E-state index contributed by atoms with van der Waals surface area (Å²) in [5.41, 5.74) is 2.90. The van der Waals surface area contributed by atoms with Gasteiger partial charge >= 0.3 is 0 Å². The van der Waals surface area contributed by atoms with Gasteiger partial charge in [0.25, 0.3) is 5.91 Å². The Bertz CT molecular complexity index is 1090. The number of ether oxygens (including phenoxy) is 2. The van der Waals surface area contributed by atoms with Gasteiger partial charge < -0.3 is 14.8 Å². The number of rotatable bonds is 4. The highest BCUT2D eigenvalue weighted by molar-refractivity contribution is 14.1. The van der Waals surface area contributed by atoms with E-state index in [1.807, 2.05) is 37.3 Å². The van der Waals surface area contributed by atoms with Gasteiger partial charge in [0.05, 0.1) is 11.3 Å². The highest BCUT2D eigenvalue weighted by Gasteiger charge is 2.23. The number of halogens is 1. The van der Waals surface area contributed by atoms with Crippen molar-refractivity contribution in [3.63, 3.8) is 0 Å². The van der Waals surface area contributed by atoms with E-state index in [0.717, 1.165) is 9.13 Å². The molecule has 4 rings (SSSR count). The van der Waals surface area contributed by atoms with Gasteiger partial charge in [0.1, 0.15) is 13.2 Å². The molecule has 0 aliphatic carbocycles. The highest BCUT2D eigenvalue weighted by atomic mass is 127. The van der Waals surface area contributed by atoms with Crippen LogP contribution in [-0.4, -0.2) is 24.9 Å². The maximum absolute atomic E-state index is 13.3. The fraction of sp³-hybridized carbons (Fsp3) is 0.130. The van der Waals surface area contributed by atoms with Crippen LogP contribution >= 0.6 is 22.6 Å². The summed E-state index contributed by atoms with van der Waals surface area (Å²) >= 11 is 2.13. The van der Waals surface area contributed by atoms with E-state index in [1.165, 1.54) is 0 Å². The number of aryl methyl sites for hydroxylation is 1. The smallest absolute Gasteiger partial charge is 0.255 e. The van der Waals surface area contributed by atoms with E-state index in [0.29, 0.717) is 47.1 Å². The molecule has 0 fully saturated rings. The van der Waals surface area contributed by atoms with Crippen LogP contribution in [0.2, 0.25) is 0 Å². The first-order chi connectivity index (χ1) is 14.0. The molecular weight excluding hydrogens is 481 g/mol. The number of hydrogen-bond donors (Lipinski definition) is 1. The van der Waals surface area contributed by atoms with E-state index in [1.54, 1.807) is 30.3 Å². The molecule has 0 unspecified atom stereocenters. The first kappa shape index (κ1) is 19.4. The van der Waals surface area contributed by atoms with Gasteiger partial charge in [-0.3, -0.25) is 9.59 Å². The molecule has 29 heavy (non-hydrogen) atoms. The molecule has 1 heterocycles. The van der Waals surface area contributed by atoms with Gasteiger partial charge in [0.15, 0.2) is 17.3 Å². The number of carbonyl (C=O) groups excluding carboxylic acids is 2. The molecule has 1 aliphatic heterocycles. The number of ketones is 1. The Morgan fingerprint density at radius 1 is 0.897 bits per heavy atom. The predicted molar refractivity (Wildman–Crippen MR) is 119 cm³/mol. The molecule has 146 valence electrons. The number of nitrogens with one attached hydrogen (secondary N) is 1. The zero-order chi connectivity index (χ0) is 20.4. The Morgan fingerprint density at radius 3 is 2.24 bits per heavy atom. The van der Waals surface area contributed by atoms with E-state index < -0.39 is 0 Å². The van der Waals surface area contributed by atoms with Crippen molar-refractivity contribution < 1.29 is 19.1 Å². The zero-order valence-electron chi connectivity index (χ0n) is 15.7. The number of fused-ring (bicyclic) bond motifs is 1. The third-order valence-corrected chi connectivity index (χ3v) is 5.55. The maximum atomic E-state index is 13.3. The van der Waals surface area contributed by atoms with Crippen LogP contribution in [0.1, 0.15) is 31.8 Å². The fourth-order valence-corrected chi connectivity index (χ4v) is 3.70. The van der Waals surface area contributed by atoms with Gasteiger partial charge in [-0.05, 0) is 59.8 Å². The van der Waals surface area contributed by atoms with Crippen LogP contribution < -0.4 is 14.8 Å². The lowest BCUT2D eigenvalue weighted by atomic mass is 10.0. The number of amides is 1. The molecule has 1 amide bonds. The van der Waals surface area contributed by atoms with E-state index in [9.17, 15) is 9.59 Å². The van der Waals surface area contributed by atoms with E-state index in [2.05, 4.69) is 27.9 Å². The lowest BCUT2D eigenvalue weighted by Gasteiger charge is -2.21. The summed E-state index contributed by atoms with van der Waals surface area (Å²) in [4.78, 5) is 26.1. The topological polar surface area (TPSA) is 64.6 Å². The van der Waals surface area contributed by atoms with Crippen molar-refractivity contribution in [2.45, 2.75) is 6.92 Å². The minimum atomic E-state index is -0.293. The molecule has 0 atom stereocenters. The van der Waals surface area contributed by atoms with Crippen LogP contribution in [0, 0.1) is 10.5 Å². The summed E-state index contributed by atoms with van der Waals surface area (Å²) in [6.07, 6.45) is 0. The third-order valence-electron chi connectivity index (χ3n) is 4.61. The molecule has 0 saturated carbocycles. The van der Waals surface area contributed by atoms with Crippen LogP contribution in [0.25, 0.3) is 0 Å². The zero-order valence-corrected chi connectivity index (χ0v) is 17.9. The average Bonchev–Trinajstić information content (AvgIpc) is 2.73. The largest absolute Gasteiger partial charge is 0.486 e. The van der Waals surface area contributed by atoms with Crippen molar-refractivity contribution in [1.82, 2.24) is 0 Å². The van der Waals surface area contributed by atoms with Crippen molar-refractivity contribution in [1.29, 1.82) is 0 Å². The summed E-state index contributed by atoms with van der Waals surface area (Å²) < 4.78 is 12.1. The van der Waals surface area contributed by atoms with Crippen LogP contribution in [-0.2, 0) is 0 Å². The minimum Gasteiger partial charge on any atom is -0.486 e. The highest BCUT2D eigenvalue weighted by Crippen LogP contribution is 2.37. The Hall–Kier alpha value is -2.87. The number of carbonyl (C=O) groups is 2. The molecule has 0 spiro atoms. The van der Waals surface area contributed by atoms with Gasteiger partial charge in [-0.15, -0.1) is 0 Å². The van der Waals surface area contributed by atoms with Crippen LogP contribution in [0.5, 0.6) is 11.5 Å². The second-order valence-electron chi connectivity index (χ2n) is 6.67. The van der Waals surface area contributed by atoms with Gasteiger partial charge in [-0.2, -0.15) is 0 Å². The lowest BCUT2D eigenvalue weighted by molar-refractivity contribution is 0.102. The van der Waals surface area contributed by atoms with Gasteiger partial charge in [-0.25, -0.2) is 0 Å². The van der Waals surface area contributed by atoms with E-state index >= 15 is 0 Å². The van der Waals surface area contributed by atoms with Crippen molar-refractivity contribution >= 4 is 40.0 Å². The molecule has 1 aliphatic rings. The normalized spacial score (nSPS) is 12.3. The summed E-state index contributed by atoms with van der Waals surface area (Å²) in [7, 11) is 0. The molecule has 0 bridgehead atoms. The fourth-order valence-electron chi connectivity index (χ4n) is 3.07. The SMILES string of the molecule is Cc1ccc(C(=O)Nc2cc3c(cc2C(=O)c2ccccc2I)OCCO3)cc1. The number of benzene rings is 3. The Balaban J connectivity index is 1.75. The summed E-state index contributed by atoms with van der Waals surface area (Å²) in [6, 6.07) is 17.9. The second kappa shape index (κ2) is 8.24. The molecular formula is C23H18INO4. The Labute approximate surface area is 182 Å². The quantitative estimate of drug-likeness (QED) is 0.412. The van der Waals surface area contributed by atoms with E-state index in [4.69, 9.17) is 9.47 Å². The van der Waals surface area contributed by atoms with E-state index in [-0.39, 0.29) is 11.7 Å². The minimum absolute atomic E-state index is 0.189. The molecule has 5 nitrogen and oxygen atoms in total. The molecule has 3 aromatic rings. The molecule has 6 heteroatoms. The second-order valence-corrected chi connectivity index (χ2v) is 7.83. The molecule has 1 N–H and O–H groups in total. The number of anilines is 1. The predicted octanol–water partition coefficient (Wildman–Crippen LogP) is 4.85. The standard InChI is InChI=1S/C23H18INO4/c1-14-6-8-15(9-7-14)23(27)25-19-13-21-20(28-10-11-29-21)12-17(19)22(26)16-4-2-3-5-18(16)24/h2-9,12-13H,10-11H2,1H3,(H,25,27). The van der Waals surface area contributed by atoms with Gasteiger partial charge in [-0.1, -0.05) is 29.8 Å². The Kier molecular flexibility index (Phi) is 5.53. The molecule has 3 aromatic carbocycles. The Morgan fingerprint density at radius 2 is 1.55 bits per heavy atom. The summed E-state index contributed by atoms with van der Waals surface area (Å²) in [6.45, 7) is 2.79. The van der Waals surface area contributed by atoms with Crippen molar-refractivity contribution in [2.75, 3.05) is 18.5 Å². The monoisotopic (exact) mass is 499 g/mol. The van der Waals surface area contributed by atoms with Crippen molar-refractivity contribution in [3.05, 3.63) is 86.5 Å². The summed E-state index contributed by atoms with van der Waals surface area (Å²) in [5, 5.41) is 2.87. The molecule has 0 radical (unpaired) electrons. The maximum Gasteiger partial charge on any atom is 0.255 e. The average molecular weight is 499 g/mol. The molecule has 0 aromatic heterocycles. The first-order valence-electron chi connectivity index (χ1n) is 9.14. The van der Waals surface area contributed by atoms with Crippen LogP contribution in [0.3, 0.4) is 0 Å². The first-order valence-corrected chi connectivity index (χ1v) is 10.2. The lowest BCUT2D eigenvalue weighted by Crippen LogP contribution is -2.19.